The minimum absolute atomic E-state index is 0.0529. The number of rotatable bonds is 9. The first kappa shape index (κ1) is 25.0. The maximum Gasteiger partial charge on any atom is 0.323 e. The van der Waals surface area contributed by atoms with Crippen molar-refractivity contribution >= 4 is 22.8 Å². The van der Waals surface area contributed by atoms with Gasteiger partial charge in [-0.2, -0.15) is 0 Å². The molecule has 35 heavy (non-hydrogen) atoms. The van der Waals surface area contributed by atoms with Crippen molar-refractivity contribution in [3.05, 3.63) is 90.5 Å². The van der Waals surface area contributed by atoms with Crippen LogP contribution in [0, 0.1) is 0 Å². The fraction of sp³-hybridized carbons (Fsp3) is 0.310. The number of nitrogens with zero attached hydrogens (tertiary/aromatic N) is 1. The summed E-state index contributed by atoms with van der Waals surface area (Å²) in [5.41, 5.74) is 1.12. The van der Waals surface area contributed by atoms with Gasteiger partial charge < -0.3 is 9.47 Å². The fourth-order valence-corrected chi connectivity index (χ4v) is 6.25. The molecule has 1 fully saturated rings. The highest BCUT2D eigenvalue weighted by Crippen LogP contribution is 2.32. The normalized spacial score (nSPS) is 17.3. The number of cyclic esters (lactones) is 1. The standard InChI is InChI=1S/C29H32NO4S/c1-21(20-34-28(31)22(2)30(3)27-18-19-33-29(27)32)23-14-16-26(17-15-23)35(24-10-6-4-7-11-24)25-12-8-5-9-13-25/h4-17,21-22,27H,18-20H2,1-3H3/q+1. The second-order valence-electron chi connectivity index (χ2n) is 8.85. The van der Waals surface area contributed by atoms with Gasteiger partial charge in [-0.1, -0.05) is 55.5 Å². The Bertz CT molecular complexity index is 1080. The van der Waals surface area contributed by atoms with Crippen LogP contribution in [0.2, 0.25) is 0 Å². The molecule has 0 spiro atoms. The number of esters is 2. The molecule has 4 rings (SSSR count). The highest BCUT2D eigenvalue weighted by atomic mass is 32.2. The molecular formula is C29H32NO4S+. The van der Waals surface area contributed by atoms with Gasteiger partial charge >= 0.3 is 11.9 Å². The van der Waals surface area contributed by atoms with Gasteiger partial charge in [-0.15, -0.1) is 0 Å². The van der Waals surface area contributed by atoms with Crippen LogP contribution in [0.5, 0.6) is 0 Å². The molecule has 0 saturated carbocycles. The van der Waals surface area contributed by atoms with E-state index in [0.717, 1.165) is 5.56 Å². The Balaban J connectivity index is 1.41. The van der Waals surface area contributed by atoms with E-state index in [1.165, 1.54) is 14.7 Å². The second kappa shape index (κ2) is 11.6. The van der Waals surface area contributed by atoms with Crippen LogP contribution in [-0.4, -0.2) is 49.2 Å². The SMILES string of the molecule is CC(COC(=O)C(C)N(C)C1CCOC1=O)c1ccc([S+](c2ccccc2)c2ccccc2)cc1. The Kier molecular flexibility index (Phi) is 8.26. The van der Waals surface area contributed by atoms with Gasteiger partial charge in [-0.05, 0) is 55.9 Å². The first-order valence-electron chi connectivity index (χ1n) is 11.9. The highest BCUT2D eigenvalue weighted by Gasteiger charge is 2.35. The lowest BCUT2D eigenvalue weighted by Gasteiger charge is -2.26. The molecule has 182 valence electrons. The quantitative estimate of drug-likeness (QED) is 0.310. The second-order valence-corrected chi connectivity index (χ2v) is 10.9. The summed E-state index contributed by atoms with van der Waals surface area (Å²) in [4.78, 5) is 30.0. The van der Waals surface area contributed by atoms with Crippen LogP contribution < -0.4 is 0 Å². The smallest absolute Gasteiger partial charge is 0.323 e. The lowest BCUT2D eigenvalue weighted by molar-refractivity contribution is -0.152. The van der Waals surface area contributed by atoms with Gasteiger partial charge in [-0.25, -0.2) is 0 Å². The van der Waals surface area contributed by atoms with Crippen molar-refractivity contribution in [2.75, 3.05) is 20.3 Å². The van der Waals surface area contributed by atoms with Crippen molar-refractivity contribution in [1.29, 1.82) is 0 Å². The first-order chi connectivity index (χ1) is 17.0. The molecule has 1 heterocycles. The van der Waals surface area contributed by atoms with E-state index in [9.17, 15) is 9.59 Å². The molecule has 3 aromatic carbocycles. The molecule has 0 amide bonds. The van der Waals surface area contributed by atoms with E-state index in [4.69, 9.17) is 9.47 Å². The predicted molar refractivity (Wildman–Crippen MR) is 137 cm³/mol. The lowest BCUT2D eigenvalue weighted by Crippen LogP contribution is -2.46. The van der Waals surface area contributed by atoms with E-state index in [0.29, 0.717) is 13.0 Å². The van der Waals surface area contributed by atoms with Crippen LogP contribution >= 0.6 is 0 Å². The summed E-state index contributed by atoms with van der Waals surface area (Å²) in [6.45, 7) is 4.51. The van der Waals surface area contributed by atoms with Crippen LogP contribution in [0.3, 0.4) is 0 Å². The summed E-state index contributed by atoms with van der Waals surface area (Å²) in [6, 6.07) is 28.8. The summed E-state index contributed by atoms with van der Waals surface area (Å²) in [6.07, 6.45) is 0.601. The number of carbonyl (C=O) groups excluding carboxylic acids is 2. The topological polar surface area (TPSA) is 55.8 Å². The third kappa shape index (κ3) is 5.95. The molecule has 1 saturated heterocycles. The zero-order chi connectivity index (χ0) is 24.8. The van der Waals surface area contributed by atoms with Crippen molar-refractivity contribution in [2.24, 2.45) is 0 Å². The van der Waals surface area contributed by atoms with Crippen molar-refractivity contribution in [3.8, 4) is 0 Å². The summed E-state index contributed by atoms with van der Waals surface area (Å²) < 4.78 is 10.6. The van der Waals surface area contributed by atoms with Crippen LogP contribution in [0.15, 0.2) is 99.6 Å². The molecule has 3 atom stereocenters. The third-order valence-corrected chi connectivity index (χ3v) is 8.70. The Morgan fingerprint density at radius 2 is 1.49 bits per heavy atom. The summed E-state index contributed by atoms with van der Waals surface area (Å²) in [7, 11) is 1.57. The Morgan fingerprint density at radius 3 is 2.00 bits per heavy atom. The fourth-order valence-electron chi connectivity index (χ4n) is 4.17. The van der Waals surface area contributed by atoms with Crippen LogP contribution in [-0.2, 0) is 30.0 Å². The largest absolute Gasteiger partial charge is 0.464 e. The molecular weight excluding hydrogens is 458 g/mol. The number of likely N-dealkylation sites (N-methyl/N-ethyl adjacent to an activating group) is 1. The Labute approximate surface area is 210 Å². The van der Waals surface area contributed by atoms with Gasteiger partial charge in [0.2, 0.25) is 0 Å². The van der Waals surface area contributed by atoms with Crippen molar-refractivity contribution < 1.29 is 19.1 Å². The van der Waals surface area contributed by atoms with Crippen LogP contribution in [0.1, 0.15) is 31.7 Å². The minimum atomic E-state index is -0.515. The number of benzene rings is 3. The number of ether oxygens (including phenoxy) is 2. The van der Waals surface area contributed by atoms with Crippen molar-refractivity contribution in [3.63, 3.8) is 0 Å². The van der Waals surface area contributed by atoms with E-state index in [-0.39, 0.29) is 41.4 Å². The maximum absolute atomic E-state index is 12.6. The van der Waals surface area contributed by atoms with Crippen molar-refractivity contribution in [1.82, 2.24) is 4.90 Å². The molecule has 3 unspecified atom stereocenters. The molecule has 1 aliphatic heterocycles. The van der Waals surface area contributed by atoms with Crippen molar-refractivity contribution in [2.45, 2.75) is 53.0 Å². The molecule has 5 nitrogen and oxygen atoms in total. The monoisotopic (exact) mass is 490 g/mol. The molecule has 0 aliphatic carbocycles. The van der Waals surface area contributed by atoms with E-state index in [1.54, 1.807) is 18.9 Å². The number of hydrogen-bond donors (Lipinski definition) is 0. The van der Waals surface area contributed by atoms with Gasteiger partial charge in [0.25, 0.3) is 0 Å². The van der Waals surface area contributed by atoms with Gasteiger partial charge in [0.1, 0.15) is 12.1 Å². The average molecular weight is 491 g/mol. The molecule has 1 aliphatic rings. The van der Waals surface area contributed by atoms with Gasteiger partial charge in [0.05, 0.1) is 24.1 Å². The highest BCUT2D eigenvalue weighted by molar-refractivity contribution is 7.97. The van der Waals surface area contributed by atoms with E-state index >= 15 is 0 Å². The lowest BCUT2D eigenvalue weighted by atomic mass is 10.0. The summed E-state index contributed by atoms with van der Waals surface area (Å²) in [5, 5.41) is 0. The van der Waals surface area contributed by atoms with Crippen LogP contribution in [0.4, 0.5) is 0 Å². The zero-order valence-corrected chi connectivity index (χ0v) is 21.2. The molecule has 0 N–H and O–H groups in total. The van der Waals surface area contributed by atoms with E-state index in [2.05, 4.69) is 79.7 Å². The average Bonchev–Trinajstić information content (AvgIpc) is 3.33. The molecule has 0 bridgehead atoms. The number of hydrogen-bond acceptors (Lipinski definition) is 5. The Hall–Kier alpha value is -3.09. The molecule has 0 radical (unpaired) electrons. The molecule has 3 aromatic rings. The van der Waals surface area contributed by atoms with E-state index in [1.807, 2.05) is 12.1 Å². The van der Waals surface area contributed by atoms with E-state index < -0.39 is 6.04 Å². The van der Waals surface area contributed by atoms with Gasteiger partial charge in [0, 0.05) is 12.3 Å². The maximum atomic E-state index is 12.6. The van der Waals surface area contributed by atoms with Gasteiger partial charge in [0.15, 0.2) is 14.7 Å². The number of carbonyl (C=O) groups is 2. The minimum Gasteiger partial charge on any atom is -0.464 e. The molecule has 6 heteroatoms. The Morgan fingerprint density at radius 1 is 0.943 bits per heavy atom. The zero-order valence-electron chi connectivity index (χ0n) is 20.4. The van der Waals surface area contributed by atoms with Crippen LogP contribution in [0.25, 0.3) is 0 Å². The molecule has 0 aromatic heterocycles. The van der Waals surface area contributed by atoms with Gasteiger partial charge in [-0.3, -0.25) is 14.5 Å². The first-order valence-corrected chi connectivity index (χ1v) is 13.2. The predicted octanol–water partition coefficient (Wildman–Crippen LogP) is 5.06. The summed E-state index contributed by atoms with van der Waals surface area (Å²) >= 11 is 0. The third-order valence-electron chi connectivity index (χ3n) is 6.47. The summed E-state index contributed by atoms with van der Waals surface area (Å²) in [5.74, 6) is -0.548.